The third kappa shape index (κ3) is 4.00. The van der Waals surface area contributed by atoms with Crippen LogP contribution in [0.3, 0.4) is 0 Å². The number of benzene rings is 2. The van der Waals surface area contributed by atoms with Gasteiger partial charge in [0.2, 0.25) is 5.91 Å². The van der Waals surface area contributed by atoms with Crippen LogP contribution in [0.15, 0.2) is 54.6 Å². The van der Waals surface area contributed by atoms with E-state index in [1.54, 1.807) is 24.3 Å². The lowest BCUT2D eigenvalue weighted by molar-refractivity contribution is -0.127. The second kappa shape index (κ2) is 8.03. The van der Waals surface area contributed by atoms with Gasteiger partial charge in [-0.25, -0.2) is 9.69 Å². The van der Waals surface area contributed by atoms with Crippen molar-refractivity contribution in [3.63, 3.8) is 0 Å². The first-order valence-electron chi connectivity index (χ1n) is 9.03. The molecule has 1 aliphatic heterocycles. The van der Waals surface area contributed by atoms with Gasteiger partial charge in [0, 0.05) is 13.1 Å². The Morgan fingerprint density at radius 3 is 2.33 bits per heavy atom. The van der Waals surface area contributed by atoms with E-state index in [1.807, 2.05) is 44.2 Å². The van der Waals surface area contributed by atoms with Crippen LogP contribution in [0.25, 0.3) is 0 Å². The van der Waals surface area contributed by atoms with Gasteiger partial charge in [0.25, 0.3) is 5.91 Å². The Bertz CT molecular complexity index is 834. The first-order valence-corrected chi connectivity index (χ1v) is 9.03. The Morgan fingerprint density at radius 1 is 1.04 bits per heavy atom. The first-order chi connectivity index (χ1) is 13.0. The molecular weight excluding hydrogens is 342 g/mol. The van der Waals surface area contributed by atoms with Gasteiger partial charge in [-0.1, -0.05) is 48.0 Å². The molecule has 27 heavy (non-hydrogen) atoms. The average Bonchev–Trinajstić information content (AvgIpc) is 2.88. The van der Waals surface area contributed by atoms with Crippen LogP contribution in [-0.2, 0) is 16.1 Å². The zero-order valence-electron chi connectivity index (χ0n) is 15.5. The van der Waals surface area contributed by atoms with E-state index in [1.165, 1.54) is 4.90 Å². The predicted octanol–water partition coefficient (Wildman–Crippen LogP) is 2.86. The van der Waals surface area contributed by atoms with Crippen molar-refractivity contribution in [1.82, 2.24) is 10.2 Å². The van der Waals surface area contributed by atoms with E-state index in [9.17, 15) is 14.4 Å². The summed E-state index contributed by atoms with van der Waals surface area (Å²) >= 11 is 0. The van der Waals surface area contributed by atoms with Gasteiger partial charge in [0.1, 0.15) is 6.04 Å². The second-order valence-corrected chi connectivity index (χ2v) is 6.58. The van der Waals surface area contributed by atoms with E-state index in [-0.39, 0.29) is 24.8 Å². The standard InChI is InChI=1S/C21H23N3O3/c1-3-22-19(25)13-18-20(26)24(17-7-5-4-6-8-17)21(27)23(18)14-16-11-9-15(2)10-12-16/h4-12,18H,3,13-14H2,1-2H3,(H,22,25)/t18-/m0/s1. The van der Waals surface area contributed by atoms with Crippen molar-refractivity contribution < 1.29 is 14.4 Å². The fourth-order valence-corrected chi connectivity index (χ4v) is 3.16. The molecule has 1 atom stereocenters. The van der Waals surface area contributed by atoms with Crippen molar-refractivity contribution in [1.29, 1.82) is 0 Å². The average molecular weight is 365 g/mol. The van der Waals surface area contributed by atoms with Gasteiger partial charge in [0.05, 0.1) is 12.1 Å². The van der Waals surface area contributed by atoms with Crippen LogP contribution < -0.4 is 10.2 Å². The fourth-order valence-electron chi connectivity index (χ4n) is 3.16. The van der Waals surface area contributed by atoms with E-state index in [0.29, 0.717) is 12.2 Å². The lowest BCUT2D eigenvalue weighted by atomic mass is 10.1. The van der Waals surface area contributed by atoms with E-state index >= 15 is 0 Å². The number of amides is 4. The van der Waals surface area contributed by atoms with Gasteiger partial charge < -0.3 is 10.2 Å². The van der Waals surface area contributed by atoms with Gasteiger partial charge in [-0.15, -0.1) is 0 Å². The summed E-state index contributed by atoms with van der Waals surface area (Å²) in [7, 11) is 0. The molecule has 0 spiro atoms. The highest BCUT2D eigenvalue weighted by Gasteiger charge is 2.46. The Morgan fingerprint density at radius 2 is 1.70 bits per heavy atom. The lowest BCUT2D eigenvalue weighted by Crippen LogP contribution is -2.39. The third-order valence-electron chi connectivity index (χ3n) is 4.56. The molecule has 6 heteroatoms. The Kier molecular flexibility index (Phi) is 5.54. The zero-order valence-corrected chi connectivity index (χ0v) is 15.5. The quantitative estimate of drug-likeness (QED) is 0.801. The molecule has 0 saturated carbocycles. The van der Waals surface area contributed by atoms with Gasteiger partial charge in [-0.2, -0.15) is 0 Å². The molecule has 2 aromatic rings. The highest BCUT2D eigenvalue weighted by molar-refractivity contribution is 6.22. The number of anilines is 1. The van der Waals surface area contributed by atoms with Crippen molar-refractivity contribution in [2.24, 2.45) is 0 Å². The molecule has 1 aliphatic rings. The molecule has 6 nitrogen and oxygen atoms in total. The van der Waals surface area contributed by atoms with Crippen LogP contribution >= 0.6 is 0 Å². The van der Waals surface area contributed by atoms with Gasteiger partial charge in [-0.05, 0) is 31.5 Å². The minimum absolute atomic E-state index is 0.0480. The van der Waals surface area contributed by atoms with Crippen LogP contribution in [0.2, 0.25) is 0 Å². The largest absolute Gasteiger partial charge is 0.356 e. The minimum Gasteiger partial charge on any atom is -0.356 e. The van der Waals surface area contributed by atoms with Gasteiger partial charge >= 0.3 is 6.03 Å². The number of aryl methyl sites for hydroxylation is 1. The number of nitrogens with zero attached hydrogens (tertiary/aromatic N) is 2. The number of urea groups is 1. The summed E-state index contributed by atoms with van der Waals surface area (Å²) in [4.78, 5) is 40.8. The maximum atomic E-state index is 13.0. The summed E-state index contributed by atoms with van der Waals surface area (Å²) in [6.45, 7) is 4.56. The maximum absolute atomic E-state index is 13.0. The molecule has 0 aromatic heterocycles. The number of rotatable bonds is 6. The molecule has 1 heterocycles. The topological polar surface area (TPSA) is 69.7 Å². The van der Waals surface area contributed by atoms with Crippen LogP contribution in [0, 0.1) is 6.92 Å². The summed E-state index contributed by atoms with van der Waals surface area (Å²) < 4.78 is 0. The second-order valence-electron chi connectivity index (χ2n) is 6.58. The Labute approximate surface area is 158 Å². The molecule has 0 aliphatic carbocycles. The maximum Gasteiger partial charge on any atom is 0.332 e. The molecule has 1 fully saturated rings. The molecule has 140 valence electrons. The number of hydrogen-bond acceptors (Lipinski definition) is 3. The minimum atomic E-state index is -0.814. The number of carbonyl (C=O) groups is 3. The smallest absolute Gasteiger partial charge is 0.332 e. The summed E-state index contributed by atoms with van der Waals surface area (Å²) in [5.74, 6) is -0.614. The number of nitrogens with one attached hydrogen (secondary N) is 1. The number of para-hydroxylation sites is 1. The lowest BCUT2D eigenvalue weighted by Gasteiger charge is -2.21. The van der Waals surface area contributed by atoms with E-state index in [4.69, 9.17) is 0 Å². The van der Waals surface area contributed by atoms with E-state index < -0.39 is 12.1 Å². The van der Waals surface area contributed by atoms with Crippen LogP contribution in [-0.4, -0.2) is 35.3 Å². The van der Waals surface area contributed by atoms with Crippen molar-refractivity contribution in [3.05, 3.63) is 65.7 Å². The summed E-state index contributed by atoms with van der Waals surface area (Å²) in [6, 6.07) is 15.4. The predicted molar refractivity (Wildman–Crippen MR) is 103 cm³/mol. The van der Waals surface area contributed by atoms with Gasteiger partial charge in [0.15, 0.2) is 0 Å². The van der Waals surface area contributed by atoms with Crippen LogP contribution in [0.4, 0.5) is 10.5 Å². The summed E-state index contributed by atoms with van der Waals surface area (Å²) in [5, 5.41) is 2.71. The van der Waals surface area contributed by atoms with Crippen LogP contribution in [0.1, 0.15) is 24.5 Å². The summed E-state index contributed by atoms with van der Waals surface area (Å²) in [5.41, 5.74) is 2.55. The Hall–Kier alpha value is -3.15. The molecule has 0 radical (unpaired) electrons. The molecule has 4 amide bonds. The van der Waals surface area contributed by atoms with Crippen molar-refractivity contribution in [3.8, 4) is 0 Å². The zero-order chi connectivity index (χ0) is 19.4. The Balaban J connectivity index is 1.90. The highest BCUT2D eigenvalue weighted by atomic mass is 16.2. The molecular formula is C21H23N3O3. The first kappa shape index (κ1) is 18.6. The van der Waals surface area contributed by atoms with Gasteiger partial charge in [-0.3, -0.25) is 9.59 Å². The third-order valence-corrected chi connectivity index (χ3v) is 4.56. The normalized spacial score (nSPS) is 16.7. The van der Waals surface area contributed by atoms with Crippen LogP contribution in [0.5, 0.6) is 0 Å². The molecule has 0 bridgehead atoms. The SMILES string of the molecule is CCNC(=O)C[C@H]1C(=O)N(c2ccccc2)C(=O)N1Cc1ccc(C)cc1. The summed E-state index contributed by atoms with van der Waals surface area (Å²) in [6.07, 6.45) is -0.0480. The molecule has 3 rings (SSSR count). The molecule has 2 aromatic carbocycles. The number of carbonyl (C=O) groups excluding carboxylic acids is 3. The highest BCUT2D eigenvalue weighted by Crippen LogP contribution is 2.28. The van der Waals surface area contributed by atoms with E-state index in [2.05, 4.69) is 5.32 Å². The molecule has 1 saturated heterocycles. The number of hydrogen-bond donors (Lipinski definition) is 1. The van der Waals surface area contributed by atoms with E-state index in [0.717, 1.165) is 16.0 Å². The number of imide groups is 1. The van der Waals surface area contributed by atoms with Crippen molar-refractivity contribution in [2.45, 2.75) is 32.9 Å². The molecule has 1 N–H and O–H groups in total. The molecule has 0 unspecified atom stereocenters. The fraction of sp³-hybridized carbons (Fsp3) is 0.286. The van der Waals surface area contributed by atoms with Crippen molar-refractivity contribution >= 4 is 23.5 Å². The van der Waals surface area contributed by atoms with Crippen molar-refractivity contribution in [2.75, 3.05) is 11.4 Å². The monoisotopic (exact) mass is 365 g/mol.